The van der Waals surface area contributed by atoms with Gasteiger partial charge in [0.15, 0.2) is 0 Å². The van der Waals surface area contributed by atoms with Crippen molar-refractivity contribution in [3.8, 4) is 0 Å². The first-order chi connectivity index (χ1) is 11.8. The maximum atomic E-state index is 12.2. The Balaban J connectivity index is 2.23. The number of rotatable bonds is 5. The fourth-order valence-corrected chi connectivity index (χ4v) is 2.17. The first-order valence-electron chi connectivity index (χ1n) is 8.12. The van der Waals surface area contributed by atoms with Gasteiger partial charge < -0.3 is 15.4 Å². The molecule has 0 saturated carbocycles. The summed E-state index contributed by atoms with van der Waals surface area (Å²) in [7, 11) is 0. The van der Waals surface area contributed by atoms with E-state index in [1.165, 1.54) is 0 Å². The Kier molecular flexibility index (Phi) is 5.75. The van der Waals surface area contributed by atoms with Gasteiger partial charge in [-0.3, -0.25) is 9.78 Å². The predicted octanol–water partition coefficient (Wildman–Crippen LogP) is 3.53. The van der Waals surface area contributed by atoms with Crippen molar-refractivity contribution < 1.29 is 14.3 Å². The maximum absolute atomic E-state index is 12.2. The van der Waals surface area contributed by atoms with Gasteiger partial charge in [-0.1, -0.05) is 12.1 Å². The standard InChI is InChI=1S/C19H23N3O3/c1-5-25-18(24)14-8-6-7-9-15(14)21-13-10-11-20-16(12-13)17(23)22-19(2,3)4/h6-12H,5H2,1-4H3,(H,20,21)(H,22,23). The molecule has 6 heteroatoms. The van der Waals surface area contributed by atoms with Gasteiger partial charge in [0.05, 0.1) is 17.9 Å². The second-order valence-corrected chi connectivity index (χ2v) is 6.52. The number of nitrogens with one attached hydrogen (secondary N) is 2. The molecule has 2 N–H and O–H groups in total. The van der Waals surface area contributed by atoms with Crippen LogP contribution in [-0.2, 0) is 4.74 Å². The van der Waals surface area contributed by atoms with Crippen LogP contribution in [0.25, 0.3) is 0 Å². The van der Waals surface area contributed by atoms with Gasteiger partial charge in [-0.25, -0.2) is 4.79 Å². The number of pyridine rings is 1. The van der Waals surface area contributed by atoms with Crippen molar-refractivity contribution in [2.75, 3.05) is 11.9 Å². The summed E-state index contributed by atoms with van der Waals surface area (Å²) in [4.78, 5) is 28.4. The third kappa shape index (κ3) is 5.31. The van der Waals surface area contributed by atoms with E-state index in [0.717, 1.165) is 0 Å². The Bertz CT molecular complexity index is 767. The van der Waals surface area contributed by atoms with E-state index in [2.05, 4.69) is 15.6 Å². The number of hydrogen-bond donors (Lipinski definition) is 2. The molecule has 2 rings (SSSR count). The Morgan fingerprint density at radius 2 is 1.88 bits per heavy atom. The van der Waals surface area contributed by atoms with Gasteiger partial charge in [0, 0.05) is 17.4 Å². The minimum Gasteiger partial charge on any atom is -0.462 e. The van der Waals surface area contributed by atoms with Crippen LogP contribution in [0.2, 0.25) is 0 Å². The van der Waals surface area contributed by atoms with E-state index in [0.29, 0.717) is 29.2 Å². The fraction of sp³-hybridized carbons (Fsp3) is 0.316. The molecule has 0 aliphatic rings. The summed E-state index contributed by atoms with van der Waals surface area (Å²) in [6.07, 6.45) is 1.55. The highest BCUT2D eigenvalue weighted by molar-refractivity contribution is 5.97. The van der Waals surface area contributed by atoms with E-state index < -0.39 is 5.97 Å². The lowest BCUT2D eigenvalue weighted by Crippen LogP contribution is -2.40. The molecule has 0 saturated heterocycles. The Hall–Kier alpha value is -2.89. The molecule has 0 atom stereocenters. The van der Waals surface area contributed by atoms with E-state index in [9.17, 15) is 9.59 Å². The van der Waals surface area contributed by atoms with E-state index in [4.69, 9.17) is 4.74 Å². The van der Waals surface area contributed by atoms with Gasteiger partial charge >= 0.3 is 5.97 Å². The molecule has 0 unspecified atom stereocenters. The number of para-hydroxylation sites is 1. The van der Waals surface area contributed by atoms with Crippen LogP contribution in [0.5, 0.6) is 0 Å². The smallest absolute Gasteiger partial charge is 0.340 e. The summed E-state index contributed by atoms with van der Waals surface area (Å²) in [5, 5.41) is 6.02. The molecule has 1 heterocycles. The zero-order valence-corrected chi connectivity index (χ0v) is 14.9. The molecule has 1 aromatic carbocycles. The Morgan fingerprint density at radius 3 is 2.56 bits per heavy atom. The molecule has 1 aromatic heterocycles. The number of ether oxygens (including phenoxy) is 1. The van der Waals surface area contributed by atoms with Crippen molar-refractivity contribution in [2.45, 2.75) is 33.2 Å². The van der Waals surface area contributed by atoms with Crippen LogP contribution >= 0.6 is 0 Å². The number of anilines is 2. The highest BCUT2D eigenvalue weighted by Crippen LogP contribution is 2.22. The van der Waals surface area contributed by atoms with Crippen molar-refractivity contribution in [1.82, 2.24) is 10.3 Å². The maximum Gasteiger partial charge on any atom is 0.340 e. The van der Waals surface area contributed by atoms with Crippen LogP contribution < -0.4 is 10.6 Å². The van der Waals surface area contributed by atoms with Crippen LogP contribution in [0.4, 0.5) is 11.4 Å². The number of carbonyl (C=O) groups is 2. The molecular formula is C19H23N3O3. The summed E-state index contributed by atoms with van der Waals surface area (Å²) < 4.78 is 5.07. The third-order valence-corrected chi connectivity index (χ3v) is 3.18. The van der Waals surface area contributed by atoms with E-state index in [-0.39, 0.29) is 11.4 Å². The Morgan fingerprint density at radius 1 is 1.16 bits per heavy atom. The van der Waals surface area contributed by atoms with Crippen LogP contribution in [0.3, 0.4) is 0 Å². The van der Waals surface area contributed by atoms with Crippen molar-refractivity contribution in [1.29, 1.82) is 0 Å². The summed E-state index contributed by atoms with van der Waals surface area (Å²) in [5.74, 6) is -0.653. The van der Waals surface area contributed by atoms with Gasteiger partial charge in [-0.2, -0.15) is 0 Å². The second-order valence-electron chi connectivity index (χ2n) is 6.52. The predicted molar refractivity (Wildman–Crippen MR) is 97.1 cm³/mol. The third-order valence-electron chi connectivity index (χ3n) is 3.18. The zero-order chi connectivity index (χ0) is 18.4. The fourth-order valence-electron chi connectivity index (χ4n) is 2.17. The van der Waals surface area contributed by atoms with Crippen molar-refractivity contribution in [3.63, 3.8) is 0 Å². The van der Waals surface area contributed by atoms with Gasteiger partial charge in [-0.05, 0) is 52.0 Å². The Labute approximate surface area is 147 Å². The molecule has 0 aliphatic heterocycles. The van der Waals surface area contributed by atoms with E-state index >= 15 is 0 Å². The highest BCUT2D eigenvalue weighted by Gasteiger charge is 2.17. The molecule has 2 aromatic rings. The normalized spacial score (nSPS) is 10.9. The van der Waals surface area contributed by atoms with Gasteiger partial charge in [0.2, 0.25) is 0 Å². The molecule has 0 spiro atoms. The highest BCUT2D eigenvalue weighted by atomic mass is 16.5. The molecule has 25 heavy (non-hydrogen) atoms. The van der Waals surface area contributed by atoms with Gasteiger partial charge in [0.1, 0.15) is 5.69 Å². The molecule has 1 amide bonds. The molecule has 0 fully saturated rings. The zero-order valence-electron chi connectivity index (χ0n) is 14.9. The number of amides is 1. The topological polar surface area (TPSA) is 80.3 Å². The number of nitrogens with zero attached hydrogens (tertiary/aromatic N) is 1. The van der Waals surface area contributed by atoms with E-state index in [1.54, 1.807) is 43.5 Å². The van der Waals surface area contributed by atoms with Crippen LogP contribution in [0.15, 0.2) is 42.6 Å². The summed E-state index contributed by atoms with van der Waals surface area (Å²) in [6, 6.07) is 10.4. The molecule has 0 aliphatic carbocycles. The van der Waals surface area contributed by atoms with Gasteiger partial charge in [-0.15, -0.1) is 0 Å². The summed E-state index contributed by atoms with van der Waals surface area (Å²) in [5.41, 5.74) is 1.65. The number of carbonyl (C=O) groups excluding carboxylic acids is 2. The molecule has 6 nitrogen and oxygen atoms in total. The monoisotopic (exact) mass is 341 g/mol. The quantitative estimate of drug-likeness (QED) is 0.813. The molecule has 132 valence electrons. The average molecular weight is 341 g/mol. The number of esters is 1. The van der Waals surface area contributed by atoms with Crippen LogP contribution in [0.1, 0.15) is 48.5 Å². The minimum atomic E-state index is -0.398. The minimum absolute atomic E-state index is 0.255. The molecule has 0 radical (unpaired) electrons. The number of benzene rings is 1. The van der Waals surface area contributed by atoms with Crippen LogP contribution in [0, 0.1) is 0 Å². The van der Waals surface area contributed by atoms with Gasteiger partial charge in [0.25, 0.3) is 5.91 Å². The first-order valence-corrected chi connectivity index (χ1v) is 8.12. The lowest BCUT2D eigenvalue weighted by Gasteiger charge is -2.20. The van der Waals surface area contributed by atoms with Crippen molar-refractivity contribution >= 4 is 23.3 Å². The lowest BCUT2D eigenvalue weighted by molar-refractivity contribution is 0.0527. The second kappa shape index (κ2) is 7.79. The summed E-state index contributed by atoms with van der Waals surface area (Å²) in [6.45, 7) is 7.78. The largest absolute Gasteiger partial charge is 0.462 e. The van der Waals surface area contributed by atoms with E-state index in [1.807, 2.05) is 26.8 Å². The molecule has 0 bridgehead atoms. The number of aromatic nitrogens is 1. The van der Waals surface area contributed by atoms with Crippen LogP contribution in [-0.4, -0.2) is 29.0 Å². The van der Waals surface area contributed by atoms with Crippen molar-refractivity contribution in [2.24, 2.45) is 0 Å². The summed E-state index contributed by atoms with van der Waals surface area (Å²) >= 11 is 0. The lowest BCUT2D eigenvalue weighted by atomic mass is 10.1. The number of hydrogen-bond acceptors (Lipinski definition) is 5. The van der Waals surface area contributed by atoms with Crippen molar-refractivity contribution in [3.05, 3.63) is 53.9 Å². The average Bonchev–Trinajstić information content (AvgIpc) is 2.54. The SMILES string of the molecule is CCOC(=O)c1ccccc1Nc1ccnc(C(=O)NC(C)(C)C)c1. The molecular weight excluding hydrogens is 318 g/mol. The first kappa shape index (κ1) is 18.4.